The fourth-order valence-corrected chi connectivity index (χ4v) is 2.61. The standard InChI is InChI=1S/C20H25NO2/c1-5-14(2)17-11-6-7-12-18(17)21-19(22)13-23-20-15(3)9-8-10-16(20)4/h6-12,14H,5,13H2,1-4H3,(H,21,22). The van der Waals surface area contributed by atoms with Crippen molar-refractivity contribution in [3.63, 3.8) is 0 Å². The first-order valence-electron chi connectivity index (χ1n) is 8.10. The Kier molecular flexibility index (Phi) is 5.80. The highest BCUT2D eigenvalue weighted by atomic mass is 16.5. The summed E-state index contributed by atoms with van der Waals surface area (Å²) in [5.41, 5.74) is 4.11. The Labute approximate surface area is 138 Å². The molecule has 0 fully saturated rings. The average Bonchev–Trinajstić information content (AvgIpc) is 2.54. The van der Waals surface area contributed by atoms with E-state index in [0.29, 0.717) is 5.92 Å². The van der Waals surface area contributed by atoms with E-state index >= 15 is 0 Å². The Bertz CT molecular complexity index is 659. The molecule has 2 aromatic carbocycles. The largest absolute Gasteiger partial charge is 0.483 e. The van der Waals surface area contributed by atoms with Gasteiger partial charge < -0.3 is 10.1 Å². The Balaban J connectivity index is 2.03. The zero-order valence-electron chi connectivity index (χ0n) is 14.3. The van der Waals surface area contributed by atoms with Gasteiger partial charge in [0.2, 0.25) is 0 Å². The van der Waals surface area contributed by atoms with Crippen molar-refractivity contribution in [2.75, 3.05) is 11.9 Å². The van der Waals surface area contributed by atoms with Crippen LogP contribution in [0.25, 0.3) is 0 Å². The number of amides is 1. The van der Waals surface area contributed by atoms with Gasteiger partial charge in [-0.15, -0.1) is 0 Å². The minimum Gasteiger partial charge on any atom is -0.483 e. The van der Waals surface area contributed by atoms with Crippen LogP contribution in [-0.2, 0) is 4.79 Å². The Morgan fingerprint density at radius 1 is 1.09 bits per heavy atom. The third-order valence-corrected chi connectivity index (χ3v) is 4.13. The van der Waals surface area contributed by atoms with Crippen LogP contribution in [0.2, 0.25) is 0 Å². The number of carbonyl (C=O) groups is 1. The molecule has 1 amide bonds. The fourth-order valence-electron chi connectivity index (χ4n) is 2.61. The summed E-state index contributed by atoms with van der Waals surface area (Å²) in [6.45, 7) is 8.29. The molecule has 0 aliphatic rings. The summed E-state index contributed by atoms with van der Waals surface area (Å²) in [5.74, 6) is 1.06. The van der Waals surface area contributed by atoms with Crippen LogP contribution >= 0.6 is 0 Å². The molecule has 3 nitrogen and oxygen atoms in total. The number of para-hydroxylation sites is 2. The third kappa shape index (κ3) is 4.35. The van der Waals surface area contributed by atoms with Gasteiger partial charge >= 0.3 is 0 Å². The zero-order chi connectivity index (χ0) is 16.8. The molecular formula is C20H25NO2. The van der Waals surface area contributed by atoms with Gasteiger partial charge in [0, 0.05) is 5.69 Å². The number of benzene rings is 2. The molecule has 2 rings (SSSR count). The van der Waals surface area contributed by atoms with Crippen LogP contribution in [0.3, 0.4) is 0 Å². The van der Waals surface area contributed by atoms with Crippen molar-refractivity contribution < 1.29 is 9.53 Å². The topological polar surface area (TPSA) is 38.3 Å². The number of anilines is 1. The first-order chi connectivity index (χ1) is 11.0. The highest BCUT2D eigenvalue weighted by molar-refractivity contribution is 5.92. The van der Waals surface area contributed by atoms with Crippen molar-refractivity contribution in [3.8, 4) is 5.75 Å². The quantitative estimate of drug-likeness (QED) is 0.829. The summed E-state index contributed by atoms with van der Waals surface area (Å²) in [5, 5.41) is 2.97. The predicted molar refractivity (Wildman–Crippen MR) is 95.2 cm³/mol. The molecule has 1 atom stereocenters. The lowest BCUT2D eigenvalue weighted by Gasteiger charge is -2.16. The van der Waals surface area contributed by atoms with Gasteiger partial charge in [-0.2, -0.15) is 0 Å². The molecule has 122 valence electrons. The summed E-state index contributed by atoms with van der Waals surface area (Å²) in [6, 6.07) is 13.9. The second kappa shape index (κ2) is 7.82. The van der Waals surface area contributed by atoms with Gasteiger partial charge in [-0.1, -0.05) is 50.2 Å². The number of ether oxygens (including phenoxy) is 1. The van der Waals surface area contributed by atoms with Crippen LogP contribution < -0.4 is 10.1 Å². The van der Waals surface area contributed by atoms with Crippen molar-refractivity contribution in [2.45, 2.75) is 40.0 Å². The number of aryl methyl sites for hydroxylation is 2. The van der Waals surface area contributed by atoms with E-state index in [-0.39, 0.29) is 12.5 Å². The van der Waals surface area contributed by atoms with Crippen LogP contribution in [0, 0.1) is 13.8 Å². The smallest absolute Gasteiger partial charge is 0.262 e. The number of nitrogens with one attached hydrogen (secondary N) is 1. The lowest BCUT2D eigenvalue weighted by molar-refractivity contribution is -0.118. The van der Waals surface area contributed by atoms with Crippen molar-refractivity contribution >= 4 is 11.6 Å². The Morgan fingerprint density at radius 2 is 1.74 bits per heavy atom. The van der Waals surface area contributed by atoms with E-state index in [1.54, 1.807) is 0 Å². The summed E-state index contributed by atoms with van der Waals surface area (Å²) >= 11 is 0. The van der Waals surface area contributed by atoms with Crippen molar-refractivity contribution in [1.82, 2.24) is 0 Å². The van der Waals surface area contributed by atoms with E-state index in [2.05, 4.69) is 25.2 Å². The molecule has 0 radical (unpaired) electrons. The van der Waals surface area contributed by atoms with Crippen LogP contribution in [-0.4, -0.2) is 12.5 Å². The second-order valence-corrected chi connectivity index (χ2v) is 5.95. The fraction of sp³-hybridized carbons (Fsp3) is 0.350. The lowest BCUT2D eigenvalue weighted by Crippen LogP contribution is -2.21. The predicted octanol–water partition coefficient (Wildman–Crippen LogP) is 4.83. The molecule has 1 N–H and O–H groups in total. The van der Waals surface area contributed by atoms with E-state index in [9.17, 15) is 4.79 Å². The third-order valence-electron chi connectivity index (χ3n) is 4.13. The maximum absolute atomic E-state index is 12.2. The molecule has 3 heteroatoms. The zero-order valence-corrected chi connectivity index (χ0v) is 14.3. The van der Waals surface area contributed by atoms with Crippen LogP contribution in [0.5, 0.6) is 5.75 Å². The van der Waals surface area contributed by atoms with Crippen molar-refractivity contribution in [1.29, 1.82) is 0 Å². The molecular weight excluding hydrogens is 286 g/mol. The summed E-state index contributed by atoms with van der Waals surface area (Å²) in [4.78, 5) is 12.2. The van der Waals surface area contributed by atoms with E-state index < -0.39 is 0 Å². The van der Waals surface area contributed by atoms with Gasteiger partial charge in [-0.25, -0.2) is 0 Å². The molecule has 0 spiro atoms. The maximum atomic E-state index is 12.2. The molecule has 0 aliphatic heterocycles. The Hall–Kier alpha value is -2.29. The number of hydrogen-bond donors (Lipinski definition) is 1. The van der Waals surface area contributed by atoms with Gasteiger partial charge in [0.05, 0.1) is 0 Å². The SMILES string of the molecule is CCC(C)c1ccccc1NC(=O)COc1c(C)cccc1C. The van der Waals surface area contributed by atoms with Crippen molar-refractivity contribution in [2.24, 2.45) is 0 Å². The normalized spacial score (nSPS) is 11.8. The van der Waals surface area contributed by atoms with Crippen LogP contribution in [0.15, 0.2) is 42.5 Å². The van der Waals surface area contributed by atoms with E-state index in [1.165, 1.54) is 0 Å². The van der Waals surface area contributed by atoms with Gasteiger partial charge in [-0.3, -0.25) is 4.79 Å². The molecule has 1 unspecified atom stereocenters. The molecule has 0 heterocycles. The molecule has 0 saturated carbocycles. The summed E-state index contributed by atoms with van der Waals surface area (Å²) < 4.78 is 5.72. The van der Waals surface area contributed by atoms with Gasteiger partial charge in [0.25, 0.3) is 5.91 Å². The lowest BCUT2D eigenvalue weighted by atomic mass is 9.97. The number of hydrogen-bond acceptors (Lipinski definition) is 2. The molecule has 2 aromatic rings. The molecule has 0 saturated heterocycles. The van der Waals surface area contributed by atoms with E-state index in [1.807, 2.05) is 50.2 Å². The van der Waals surface area contributed by atoms with Crippen LogP contribution in [0.1, 0.15) is 42.9 Å². The monoisotopic (exact) mass is 311 g/mol. The summed E-state index contributed by atoms with van der Waals surface area (Å²) in [6.07, 6.45) is 1.03. The molecule has 0 aromatic heterocycles. The van der Waals surface area contributed by atoms with Gasteiger partial charge in [0.1, 0.15) is 5.75 Å². The average molecular weight is 311 g/mol. The molecule has 23 heavy (non-hydrogen) atoms. The van der Waals surface area contributed by atoms with E-state index in [0.717, 1.165) is 34.5 Å². The number of carbonyl (C=O) groups excluding carboxylic acids is 1. The minimum absolute atomic E-state index is 0.0144. The first kappa shape index (κ1) is 17.1. The van der Waals surface area contributed by atoms with Crippen LogP contribution in [0.4, 0.5) is 5.69 Å². The Morgan fingerprint density at radius 3 is 2.39 bits per heavy atom. The molecule has 0 aliphatic carbocycles. The second-order valence-electron chi connectivity index (χ2n) is 5.95. The van der Waals surface area contributed by atoms with Gasteiger partial charge in [-0.05, 0) is 48.9 Å². The van der Waals surface area contributed by atoms with E-state index in [4.69, 9.17) is 4.74 Å². The molecule has 0 bridgehead atoms. The highest BCUT2D eigenvalue weighted by Gasteiger charge is 2.12. The minimum atomic E-state index is -0.136. The highest BCUT2D eigenvalue weighted by Crippen LogP contribution is 2.26. The first-order valence-corrected chi connectivity index (χ1v) is 8.10. The maximum Gasteiger partial charge on any atom is 0.262 e. The van der Waals surface area contributed by atoms with Crippen molar-refractivity contribution in [3.05, 3.63) is 59.2 Å². The number of rotatable bonds is 6. The summed E-state index contributed by atoms with van der Waals surface area (Å²) in [7, 11) is 0. The van der Waals surface area contributed by atoms with Gasteiger partial charge in [0.15, 0.2) is 6.61 Å².